The van der Waals surface area contributed by atoms with E-state index in [4.69, 9.17) is 0 Å². The number of rotatable bonds is 3. The van der Waals surface area contributed by atoms with Gasteiger partial charge in [-0.05, 0) is 37.7 Å². The van der Waals surface area contributed by atoms with Crippen molar-refractivity contribution in [3.05, 3.63) is 29.3 Å². The number of nitrogens with one attached hydrogen (secondary N) is 2. The molecule has 1 amide bonds. The van der Waals surface area contributed by atoms with Gasteiger partial charge >= 0.3 is 0 Å². The molecule has 0 radical (unpaired) electrons. The summed E-state index contributed by atoms with van der Waals surface area (Å²) < 4.78 is 0. The van der Waals surface area contributed by atoms with E-state index in [1.807, 2.05) is 37.2 Å². The summed E-state index contributed by atoms with van der Waals surface area (Å²) >= 11 is 0. The summed E-state index contributed by atoms with van der Waals surface area (Å²) in [6, 6.07) is 5.70. The Balaban J connectivity index is 1.98. The van der Waals surface area contributed by atoms with E-state index >= 15 is 0 Å². The number of amides is 1. The summed E-state index contributed by atoms with van der Waals surface area (Å²) in [6.07, 6.45) is 0. The number of likely N-dealkylation sites (N-methyl/N-ethyl adjacent to an activating group) is 1. The van der Waals surface area contributed by atoms with Crippen LogP contribution in [0.1, 0.15) is 15.9 Å². The highest BCUT2D eigenvalue weighted by molar-refractivity contribution is 5.94. The third-order valence-electron chi connectivity index (χ3n) is 3.52. The SMILES string of the molecule is CNc1ccc(C(=O)NN2CCN(C)CC2)cc1C. The number of nitrogens with zero attached hydrogens (tertiary/aromatic N) is 2. The maximum Gasteiger partial charge on any atom is 0.265 e. The third-order valence-corrected chi connectivity index (χ3v) is 3.52. The molecule has 5 heteroatoms. The Labute approximate surface area is 114 Å². The van der Waals surface area contributed by atoms with Crippen LogP contribution in [0.2, 0.25) is 0 Å². The number of hydrazine groups is 1. The molecule has 2 N–H and O–H groups in total. The zero-order chi connectivity index (χ0) is 13.8. The molecule has 0 saturated carbocycles. The molecule has 104 valence electrons. The monoisotopic (exact) mass is 262 g/mol. The van der Waals surface area contributed by atoms with Crippen molar-refractivity contribution in [3.63, 3.8) is 0 Å². The van der Waals surface area contributed by atoms with E-state index in [0.717, 1.165) is 37.4 Å². The first-order chi connectivity index (χ1) is 9.10. The second-order valence-corrected chi connectivity index (χ2v) is 5.01. The zero-order valence-corrected chi connectivity index (χ0v) is 11.9. The topological polar surface area (TPSA) is 47.6 Å². The first-order valence-corrected chi connectivity index (χ1v) is 6.63. The van der Waals surface area contributed by atoms with Gasteiger partial charge in [0.05, 0.1) is 0 Å². The maximum absolute atomic E-state index is 12.2. The minimum atomic E-state index is -0.0321. The number of aryl methyl sites for hydroxylation is 1. The minimum Gasteiger partial charge on any atom is -0.388 e. The highest BCUT2D eigenvalue weighted by Crippen LogP contribution is 2.15. The lowest BCUT2D eigenvalue weighted by atomic mass is 10.1. The number of hydrogen-bond donors (Lipinski definition) is 2. The van der Waals surface area contributed by atoms with E-state index in [2.05, 4.69) is 22.7 Å². The van der Waals surface area contributed by atoms with Crippen LogP contribution in [0.25, 0.3) is 0 Å². The molecule has 1 fully saturated rings. The van der Waals surface area contributed by atoms with E-state index in [-0.39, 0.29) is 5.91 Å². The van der Waals surface area contributed by atoms with Gasteiger partial charge in [0.25, 0.3) is 5.91 Å². The van der Waals surface area contributed by atoms with Gasteiger partial charge in [0, 0.05) is 44.5 Å². The molecular formula is C14H22N4O. The Kier molecular flexibility index (Phi) is 4.39. The fraction of sp³-hybridized carbons (Fsp3) is 0.500. The number of carbonyl (C=O) groups excluding carboxylic acids is 1. The summed E-state index contributed by atoms with van der Waals surface area (Å²) in [4.78, 5) is 14.4. The van der Waals surface area contributed by atoms with Gasteiger partial charge in [0.15, 0.2) is 0 Å². The van der Waals surface area contributed by atoms with Crippen LogP contribution in [0.15, 0.2) is 18.2 Å². The normalized spacial score (nSPS) is 17.2. The Morgan fingerprint density at radius 1 is 1.21 bits per heavy atom. The highest BCUT2D eigenvalue weighted by Gasteiger charge is 2.16. The maximum atomic E-state index is 12.2. The van der Waals surface area contributed by atoms with Crippen molar-refractivity contribution in [2.45, 2.75) is 6.92 Å². The van der Waals surface area contributed by atoms with E-state index < -0.39 is 0 Å². The van der Waals surface area contributed by atoms with Crippen LogP contribution < -0.4 is 10.7 Å². The van der Waals surface area contributed by atoms with Gasteiger partial charge in [-0.1, -0.05) is 0 Å². The summed E-state index contributed by atoms with van der Waals surface area (Å²) in [7, 11) is 3.98. The smallest absolute Gasteiger partial charge is 0.265 e. The quantitative estimate of drug-likeness (QED) is 0.851. The molecule has 19 heavy (non-hydrogen) atoms. The molecule has 1 heterocycles. The van der Waals surface area contributed by atoms with Crippen molar-refractivity contribution >= 4 is 11.6 Å². The van der Waals surface area contributed by atoms with Crippen LogP contribution in [0.5, 0.6) is 0 Å². The van der Waals surface area contributed by atoms with Crippen LogP contribution >= 0.6 is 0 Å². The molecule has 0 unspecified atom stereocenters. The summed E-state index contributed by atoms with van der Waals surface area (Å²) in [6.45, 7) is 5.71. The molecule has 2 rings (SSSR count). The number of anilines is 1. The summed E-state index contributed by atoms with van der Waals surface area (Å²) in [5.41, 5.74) is 5.80. The number of carbonyl (C=O) groups is 1. The zero-order valence-electron chi connectivity index (χ0n) is 11.9. The standard InChI is InChI=1S/C14H22N4O/c1-11-10-12(4-5-13(11)15-2)14(19)16-18-8-6-17(3)7-9-18/h4-5,10,15H,6-9H2,1-3H3,(H,16,19). The molecule has 0 aliphatic carbocycles. The fourth-order valence-electron chi connectivity index (χ4n) is 2.21. The predicted octanol–water partition coefficient (Wildman–Crippen LogP) is 0.929. The van der Waals surface area contributed by atoms with E-state index in [1.54, 1.807) is 0 Å². The van der Waals surface area contributed by atoms with Crippen LogP contribution in [-0.4, -0.2) is 56.1 Å². The molecule has 0 aromatic heterocycles. The lowest BCUT2D eigenvalue weighted by Crippen LogP contribution is -2.52. The van der Waals surface area contributed by atoms with Crippen molar-refractivity contribution in [2.75, 3.05) is 45.6 Å². The molecule has 1 aromatic rings. The van der Waals surface area contributed by atoms with Crippen molar-refractivity contribution in [3.8, 4) is 0 Å². The second kappa shape index (κ2) is 6.04. The first-order valence-electron chi connectivity index (χ1n) is 6.63. The average molecular weight is 262 g/mol. The van der Waals surface area contributed by atoms with Gasteiger partial charge in [-0.3, -0.25) is 10.2 Å². The van der Waals surface area contributed by atoms with E-state index in [0.29, 0.717) is 5.56 Å². The van der Waals surface area contributed by atoms with Crippen molar-refractivity contribution in [1.29, 1.82) is 0 Å². The van der Waals surface area contributed by atoms with Gasteiger partial charge in [0.1, 0.15) is 0 Å². The van der Waals surface area contributed by atoms with Gasteiger partial charge < -0.3 is 10.2 Å². The van der Waals surface area contributed by atoms with Crippen molar-refractivity contribution < 1.29 is 4.79 Å². The number of piperazine rings is 1. The molecule has 1 aliphatic heterocycles. The first kappa shape index (κ1) is 13.8. The van der Waals surface area contributed by atoms with Crippen LogP contribution in [-0.2, 0) is 0 Å². The largest absolute Gasteiger partial charge is 0.388 e. The Bertz CT molecular complexity index is 453. The number of hydrogen-bond acceptors (Lipinski definition) is 4. The van der Waals surface area contributed by atoms with Gasteiger partial charge in [0.2, 0.25) is 0 Å². The molecular weight excluding hydrogens is 240 g/mol. The van der Waals surface area contributed by atoms with Crippen LogP contribution in [0.3, 0.4) is 0 Å². The highest BCUT2D eigenvalue weighted by atomic mass is 16.2. The summed E-state index contributed by atoms with van der Waals surface area (Å²) in [5, 5.41) is 5.09. The average Bonchev–Trinajstić information content (AvgIpc) is 2.41. The Hall–Kier alpha value is -1.59. The molecule has 1 aromatic carbocycles. The Morgan fingerprint density at radius 2 is 1.89 bits per heavy atom. The van der Waals surface area contributed by atoms with E-state index in [1.165, 1.54) is 0 Å². The number of benzene rings is 1. The van der Waals surface area contributed by atoms with Gasteiger partial charge in [-0.2, -0.15) is 0 Å². The van der Waals surface area contributed by atoms with Crippen molar-refractivity contribution in [1.82, 2.24) is 15.3 Å². The molecule has 5 nitrogen and oxygen atoms in total. The second-order valence-electron chi connectivity index (χ2n) is 5.01. The lowest BCUT2D eigenvalue weighted by molar-refractivity contribution is 0.0662. The van der Waals surface area contributed by atoms with Gasteiger partial charge in [-0.15, -0.1) is 0 Å². The summed E-state index contributed by atoms with van der Waals surface area (Å²) in [5.74, 6) is -0.0321. The predicted molar refractivity (Wildman–Crippen MR) is 77.3 cm³/mol. The molecule has 0 bridgehead atoms. The fourth-order valence-corrected chi connectivity index (χ4v) is 2.21. The van der Waals surface area contributed by atoms with Crippen molar-refractivity contribution in [2.24, 2.45) is 0 Å². The van der Waals surface area contributed by atoms with E-state index in [9.17, 15) is 4.79 Å². The molecule has 0 atom stereocenters. The molecule has 1 aliphatic rings. The molecule has 1 saturated heterocycles. The minimum absolute atomic E-state index is 0.0321. The van der Waals surface area contributed by atoms with Crippen LogP contribution in [0.4, 0.5) is 5.69 Å². The Morgan fingerprint density at radius 3 is 2.47 bits per heavy atom. The molecule has 0 spiro atoms. The van der Waals surface area contributed by atoms with Crippen LogP contribution in [0, 0.1) is 6.92 Å². The lowest BCUT2D eigenvalue weighted by Gasteiger charge is -2.32. The van der Waals surface area contributed by atoms with Gasteiger partial charge in [-0.25, -0.2) is 5.01 Å². The third kappa shape index (κ3) is 3.45.